The summed E-state index contributed by atoms with van der Waals surface area (Å²) >= 11 is 0. The SMILES string of the molecule is CCc1cccc2ccn(Cc3cc(N)cc(OC)c3)c12. The molecule has 0 radical (unpaired) electrons. The second kappa shape index (κ2) is 5.52. The van der Waals surface area contributed by atoms with E-state index < -0.39 is 0 Å². The Morgan fingerprint density at radius 2 is 2.00 bits per heavy atom. The first-order chi connectivity index (χ1) is 10.2. The number of anilines is 1. The van der Waals surface area contributed by atoms with Crippen molar-refractivity contribution in [2.24, 2.45) is 0 Å². The van der Waals surface area contributed by atoms with E-state index in [0.29, 0.717) is 0 Å². The Morgan fingerprint density at radius 3 is 2.76 bits per heavy atom. The average Bonchev–Trinajstić information content (AvgIpc) is 2.90. The van der Waals surface area contributed by atoms with E-state index in [-0.39, 0.29) is 0 Å². The predicted octanol–water partition coefficient (Wildman–Crippen LogP) is 3.84. The van der Waals surface area contributed by atoms with Gasteiger partial charge in [0.25, 0.3) is 0 Å². The van der Waals surface area contributed by atoms with Gasteiger partial charge < -0.3 is 15.0 Å². The number of ether oxygens (including phenoxy) is 1. The number of nitrogens with zero attached hydrogens (tertiary/aromatic N) is 1. The molecule has 0 saturated heterocycles. The third kappa shape index (κ3) is 2.59. The molecule has 0 spiro atoms. The molecule has 21 heavy (non-hydrogen) atoms. The van der Waals surface area contributed by atoms with Gasteiger partial charge in [-0.05, 0) is 41.1 Å². The van der Waals surface area contributed by atoms with Crippen LogP contribution in [0, 0.1) is 0 Å². The molecule has 2 N–H and O–H groups in total. The third-order valence-corrected chi connectivity index (χ3v) is 3.83. The summed E-state index contributed by atoms with van der Waals surface area (Å²) in [7, 11) is 1.67. The van der Waals surface area contributed by atoms with E-state index in [0.717, 1.165) is 30.0 Å². The highest BCUT2D eigenvalue weighted by atomic mass is 16.5. The van der Waals surface area contributed by atoms with Gasteiger partial charge in [0.1, 0.15) is 5.75 Å². The number of rotatable bonds is 4. The van der Waals surface area contributed by atoms with Gasteiger partial charge >= 0.3 is 0 Å². The van der Waals surface area contributed by atoms with Crippen molar-refractivity contribution in [3.63, 3.8) is 0 Å². The second-order valence-corrected chi connectivity index (χ2v) is 5.27. The molecule has 0 fully saturated rings. The normalized spacial score (nSPS) is 11.0. The lowest BCUT2D eigenvalue weighted by atomic mass is 10.1. The molecule has 3 aromatic rings. The fourth-order valence-corrected chi connectivity index (χ4v) is 2.85. The highest BCUT2D eigenvalue weighted by Crippen LogP contribution is 2.24. The van der Waals surface area contributed by atoms with E-state index in [2.05, 4.69) is 42.0 Å². The zero-order chi connectivity index (χ0) is 14.8. The largest absolute Gasteiger partial charge is 0.497 e. The van der Waals surface area contributed by atoms with Crippen molar-refractivity contribution in [3.8, 4) is 5.75 Å². The molecule has 0 aliphatic heterocycles. The minimum Gasteiger partial charge on any atom is -0.497 e. The molecule has 1 heterocycles. The summed E-state index contributed by atoms with van der Waals surface area (Å²) in [6, 6.07) is 14.5. The van der Waals surface area contributed by atoms with Gasteiger partial charge in [-0.3, -0.25) is 0 Å². The zero-order valence-electron chi connectivity index (χ0n) is 12.5. The van der Waals surface area contributed by atoms with Gasteiger partial charge in [0.15, 0.2) is 0 Å². The first kappa shape index (κ1) is 13.6. The van der Waals surface area contributed by atoms with Crippen molar-refractivity contribution >= 4 is 16.6 Å². The second-order valence-electron chi connectivity index (χ2n) is 5.27. The Hall–Kier alpha value is -2.42. The molecule has 1 aromatic heterocycles. The summed E-state index contributed by atoms with van der Waals surface area (Å²) < 4.78 is 7.58. The highest BCUT2D eigenvalue weighted by Gasteiger charge is 2.07. The monoisotopic (exact) mass is 280 g/mol. The molecule has 0 saturated carbocycles. The van der Waals surface area contributed by atoms with Crippen LogP contribution in [0.3, 0.4) is 0 Å². The number of methoxy groups -OCH3 is 1. The Balaban J connectivity index is 2.04. The van der Waals surface area contributed by atoms with Crippen molar-refractivity contribution in [1.82, 2.24) is 4.57 Å². The van der Waals surface area contributed by atoms with Crippen LogP contribution in [0.4, 0.5) is 5.69 Å². The van der Waals surface area contributed by atoms with Crippen LogP contribution in [0.1, 0.15) is 18.1 Å². The Labute approximate surface area is 125 Å². The van der Waals surface area contributed by atoms with Crippen LogP contribution in [0.5, 0.6) is 5.75 Å². The number of hydrogen-bond acceptors (Lipinski definition) is 2. The zero-order valence-corrected chi connectivity index (χ0v) is 12.5. The maximum absolute atomic E-state index is 5.94. The van der Waals surface area contributed by atoms with Crippen LogP contribution in [0.2, 0.25) is 0 Å². The first-order valence-electron chi connectivity index (χ1n) is 7.21. The number of nitrogen functional groups attached to an aromatic ring is 1. The van der Waals surface area contributed by atoms with Gasteiger partial charge in [-0.25, -0.2) is 0 Å². The number of fused-ring (bicyclic) bond motifs is 1. The molecule has 3 rings (SSSR count). The molecule has 3 heteroatoms. The molecular weight excluding hydrogens is 260 g/mol. The molecule has 0 aliphatic rings. The van der Waals surface area contributed by atoms with E-state index in [1.54, 1.807) is 7.11 Å². The lowest BCUT2D eigenvalue weighted by Crippen LogP contribution is -2.01. The van der Waals surface area contributed by atoms with Gasteiger partial charge in [0.2, 0.25) is 0 Å². The third-order valence-electron chi connectivity index (χ3n) is 3.83. The minimum atomic E-state index is 0.733. The van der Waals surface area contributed by atoms with Crippen molar-refractivity contribution < 1.29 is 4.74 Å². The van der Waals surface area contributed by atoms with E-state index >= 15 is 0 Å². The first-order valence-corrected chi connectivity index (χ1v) is 7.21. The molecule has 0 atom stereocenters. The Bertz CT molecular complexity index is 774. The Morgan fingerprint density at radius 1 is 1.14 bits per heavy atom. The molecular formula is C18H20N2O. The van der Waals surface area contributed by atoms with Gasteiger partial charge in [-0.15, -0.1) is 0 Å². The smallest absolute Gasteiger partial charge is 0.121 e. The summed E-state index contributed by atoms with van der Waals surface area (Å²) in [5.41, 5.74) is 10.5. The van der Waals surface area contributed by atoms with Crippen molar-refractivity contribution in [1.29, 1.82) is 0 Å². The lowest BCUT2D eigenvalue weighted by molar-refractivity contribution is 0.414. The number of aryl methyl sites for hydroxylation is 1. The molecule has 2 aromatic carbocycles. The molecule has 0 bridgehead atoms. The van der Waals surface area contributed by atoms with Crippen molar-refractivity contribution in [2.75, 3.05) is 12.8 Å². The molecule has 108 valence electrons. The van der Waals surface area contributed by atoms with E-state index in [9.17, 15) is 0 Å². The topological polar surface area (TPSA) is 40.2 Å². The molecule has 3 nitrogen and oxygen atoms in total. The van der Waals surface area contributed by atoms with E-state index in [1.807, 2.05) is 18.2 Å². The molecule has 0 aliphatic carbocycles. The van der Waals surface area contributed by atoms with Gasteiger partial charge in [0.05, 0.1) is 12.6 Å². The fraction of sp³-hybridized carbons (Fsp3) is 0.222. The van der Waals surface area contributed by atoms with E-state index in [1.165, 1.54) is 16.5 Å². The molecule has 0 unspecified atom stereocenters. The Kier molecular flexibility index (Phi) is 3.57. The number of benzene rings is 2. The van der Waals surface area contributed by atoms with Crippen LogP contribution in [-0.2, 0) is 13.0 Å². The van der Waals surface area contributed by atoms with Crippen LogP contribution in [0.15, 0.2) is 48.7 Å². The lowest BCUT2D eigenvalue weighted by Gasteiger charge is -2.11. The fourth-order valence-electron chi connectivity index (χ4n) is 2.85. The highest BCUT2D eigenvalue weighted by molar-refractivity contribution is 5.83. The summed E-state index contributed by atoms with van der Waals surface area (Å²) in [5, 5.41) is 1.28. The number of hydrogen-bond donors (Lipinski definition) is 1. The van der Waals surface area contributed by atoms with Crippen LogP contribution >= 0.6 is 0 Å². The standard InChI is InChI=1S/C18H20N2O/c1-3-14-5-4-6-15-7-8-20(18(14)15)12-13-9-16(19)11-17(10-13)21-2/h4-11H,3,12,19H2,1-2H3. The number of nitrogens with two attached hydrogens (primary N) is 1. The van der Waals surface area contributed by atoms with E-state index in [4.69, 9.17) is 10.5 Å². The van der Waals surface area contributed by atoms with Crippen LogP contribution in [0.25, 0.3) is 10.9 Å². The molecule has 0 amide bonds. The minimum absolute atomic E-state index is 0.733. The maximum atomic E-state index is 5.94. The van der Waals surface area contributed by atoms with Crippen molar-refractivity contribution in [2.45, 2.75) is 19.9 Å². The van der Waals surface area contributed by atoms with Gasteiger partial charge in [0, 0.05) is 24.5 Å². The quantitative estimate of drug-likeness (QED) is 0.737. The summed E-state index contributed by atoms with van der Waals surface area (Å²) in [6.45, 7) is 2.98. The maximum Gasteiger partial charge on any atom is 0.121 e. The van der Waals surface area contributed by atoms with Gasteiger partial charge in [-0.2, -0.15) is 0 Å². The number of aromatic nitrogens is 1. The summed E-state index contributed by atoms with van der Waals surface area (Å²) in [4.78, 5) is 0. The van der Waals surface area contributed by atoms with Gasteiger partial charge in [-0.1, -0.05) is 25.1 Å². The van der Waals surface area contributed by atoms with Crippen LogP contribution in [-0.4, -0.2) is 11.7 Å². The number of para-hydroxylation sites is 1. The summed E-state index contributed by atoms with van der Waals surface area (Å²) in [5.74, 6) is 0.803. The van der Waals surface area contributed by atoms with Crippen molar-refractivity contribution in [3.05, 3.63) is 59.8 Å². The summed E-state index contributed by atoms with van der Waals surface area (Å²) in [6.07, 6.45) is 3.17. The van der Waals surface area contributed by atoms with Crippen LogP contribution < -0.4 is 10.5 Å². The average molecular weight is 280 g/mol. The predicted molar refractivity (Wildman–Crippen MR) is 87.8 cm³/mol.